The highest BCUT2D eigenvalue weighted by Crippen LogP contribution is 2.15. The summed E-state index contributed by atoms with van der Waals surface area (Å²) in [6.45, 7) is 1.68. The molecule has 4 nitrogen and oxygen atoms in total. The number of rotatable bonds is 4. The van der Waals surface area contributed by atoms with Crippen molar-refractivity contribution in [1.29, 1.82) is 0 Å². The van der Waals surface area contributed by atoms with E-state index in [1.165, 1.54) is 18.2 Å². The molecule has 0 bridgehead atoms. The van der Waals surface area contributed by atoms with E-state index >= 15 is 0 Å². The molecular weight excluding hydrogens is 254 g/mol. The largest absolute Gasteiger partial charge is 0.508 e. The lowest BCUT2D eigenvalue weighted by molar-refractivity contribution is 0.0903. The van der Waals surface area contributed by atoms with Crippen molar-refractivity contribution in [2.75, 3.05) is 6.54 Å². The van der Waals surface area contributed by atoms with Crippen molar-refractivity contribution in [2.24, 2.45) is 0 Å². The van der Waals surface area contributed by atoms with E-state index in [1.807, 2.05) is 6.07 Å². The van der Waals surface area contributed by atoms with Crippen LogP contribution in [-0.4, -0.2) is 23.3 Å². The predicted molar refractivity (Wildman–Crippen MR) is 75.9 cm³/mol. The number of benzene rings is 2. The van der Waals surface area contributed by atoms with Gasteiger partial charge in [-0.3, -0.25) is 9.59 Å². The summed E-state index contributed by atoms with van der Waals surface area (Å²) in [4.78, 5) is 23.8. The van der Waals surface area contributed by atoms with E-state index in [-0.39, 0.29) is 24.0 Å². The molecule has 0 aliphatic carbocycles. The van der Waals surface area contributed by atoms with Crippen LogP contribution in [0.25, 0.3) is 0 Å². The van der Waals surface area contributed by atoms with Gasteiger partial charge in [0, 0.05) is 11.1 Å². The minimum Gasteiger partial charge on any atom is -0.508 e. The molecule has 0 aliphatic rings. The Kier molecular flexibility index (Phi) is 4.15. The van der Waals surface area contributed by atoms with Crippen LogP contribution in [0.5, 0.6) is 5.75 Å². The molecule has 0 spiro atoms. The Morgan fingerprint density at radius 1 is 1.10 bits per heavy atom. The van der Waals surface area contributed by atoms with E-state index in [4.69, 9.17) is 0 Å². The Bertz CT molecular complexity index is 635. The van der Waals surface area contributed by atoms with Crippen LogP contribution < -0.4 is 5.32 Å². The second-order valence-corrected chi connectivity index (χ2v) is 4.47. The molecule has 2 N–H and O–H groups in total. The molecule has 102 valence electrons. The highest BCUT2D eigenvalue weighted by molar-refractivity contribution is 6.02. The quantitative estimate of drug-likeness (QED) is 0.837. The third kappa shape index (κ3) is 3.23. The van der Waals surface area contributed by atoms with Crippen molar-refractivity contribution in [3.05, 3.63) is 65.2 Å². The molecule has 0 heterocycles. The first-order chi connectivity index (χ1) is 9.58. The van der Waals surface area contributed by atoms with Crippen molar-refractivity contribution >= 4 is 11.7 Å². The first kappa shape index (κ1) is 13.8. The van der Waals surface area contributed by atoms with Gasteiger partial charge in [-0.05, 0) is 30.7 Å². The lowest BCUT2D eigenvalue weighted by Crippen LogP contribution is -2.30. The summed E-state index contributed by atoms with van der Waals surface area (Å²) in [5, 5.41) is 11.9. The number of phenols is 1. The highest BCUT2D eigenvalue weighted by atomic mass is 16.3. The Hall–Kier alpha value is -2.62. The van der Waals surface area contributed by atoms with E-state index in [9.17, 15) is 14.7 Å². The summed E-state index contributed by atoms with van der Waals surface area (Å²) in [5.74, 6) is -0.360. The maximum atomic E-state index is 12.0. The van der Waals surface area contributed by atoms with E-state index in [0.29, 0.717) is 16.7 Å². The third-order valence-electron chi connectivity index (χ3n) is 2.96. The fraction of sp³-hybridized carbons (Fsp3) is 0.125. The van der Waals surface area contributed by atoms with Crippen LogP contribution in [0.4, 0.5) is 0 Å². The molecule has 0 fully saturated rings. The minimum atomic E-state index is -0.327. The molecule has 4 heteroatoms. The molecule has 2 aromatic rings. The number of Topliss-reactive ketones (excluding diaryl/α,β-unsaturated/α-hetero) is 1. The van der Waals surface area contributed by atoms with Gasteiger partial charge in [0.2, 0.25) is 0 Å². The fourth-order valence-electron chi connectivity index (χ4n) is 1.88. The fourth-order valence-corrected chi connectivity index (χ4v) is 1.88. The second kappa shape index (κ2) is 6.02. The monoisotopic (exact) mass is 269 g/mol. The van der Waals surface area contributed by atoms with Crippen molar-refractivity contribution in [1.82, 2.24) is 5.32 Å². The van der Waals surface area contributed by atoms with Crippen LogP contribution in [0.1, 0.15) is 26.3 Å². The standard InChI is InChI=1S/C16H15NO3/c1-11-9-13(18)7-8-14(11)16(20)17-10-15(19)12-5-3-2-4-6-12/h2-9,18H,10H2,1H3,(H,17,20). The third-order valence-corrected chi connectivity index (χ3v) is 2.96. The van der Waals surface area contributed by atoms with Crippen molar-refractivity contribution < 1.29 is 14.7 Å². The second-order valence-electron chi connectivity index (χ2n) is 4.47. The molecule has 0 radical (unpaired) electrons. The number of hydrogen-bond acceptors (Lipinski definition) is 3. The van der Waals surface area contributed by atoms with Crippen LogP contribution in [0.2, 0.25) is 0 Å². The van der Waals surface area contributed by atoms with Crippen molar-refractivity contribution in [2.45, 2.75) is 6.92 Å². The zero-order valence-corrected chi connectivity index (χ0v) is 11.1. The lowest BCUT2D eigenvalue weighted by Gasteiger charge is -2.07. The highest BCUT2D eigenvalue weighted by Gasteiger charge is 2.11. The number of amides is 1. The number of carbonyl (C=O) groups excluding carboxylic acids is 2. The molecular formula is C16H15NO3. The average Bonchev–Trinajstić information content (AvgIpc) is 2.45. The van der Waals surface area contributed by atoms with Gasteiger partial charge < -0.3 is 10.4 Å². The SMILES string of the molecule is Cc1cc(O)ccc1C(=O)NCC(=O)c1ccccc1. The summed E-state index contributed by atoms with van der Waals surface area (Å²) >= 11 is 0. The molecule has 0 aliphatic heterocycles. The number of aryl methyl sites for hydroxylation is 1. The Morgan fingerprint density at radius 3 is 2.45 bits per heavy atom. The van der Waals surface area contributed by atoms with Gasteiger partial charge in [-0.2, -0.15) is 0 Å². The molecule has 1 amide bonds. The van der Waals surface area contributed by atoms with Gasteiger partial charge in [0.05, 0.1) is 6.54 Å². The molecule has 2 rings (SSSR count). The maximum absolute atomic E-state index is 12.0. The average molecular weight is 269 g/mol. The Balaban J connectivity index is 2.00. The van der Waals surface area contributed by atoms with E-state index in [0.717, 1.165) is 0 Å². The Morgan fingerprint density at radius 2 is 1.80 bits per heavy atom. The van der Waals surface area contributed by atoms with Gasteiger partial charge in [0.25, 0.3) is 5.91 Å². The molecule has 0 saturated carbocycles. The lowest BCUT2D eigenvalue weighted by atomic mass is 10.1. The van der Waals surface area contributed by atoms with Gasteiger partial charge >= 0.3 is 0 Å². The van der Waals surface area contributed by atoms with Gasteiger partial charge in [-0.15, -0.1) is 0 Å². The zero-order valence-electron chi connectivity index (χ0n) is 11.1. The molecule has 20 heavy (non-hydrogen) atoms. The first-order valence-electron chi connectivity index (χ1n) is 6.24. The topological polar surface area (TPSA) is 66.4 Å². The predicted octanol–water partition coefficient (Wildman–Crippen LogP) is 2.31. The molecule has 0 atom stereocenters. The van der Waals surface area contributed by atoms with Crippen molar-refractivity contribution in [3.63, 3.8) is 0 Å². The number of carbonyl (C=O) groups is 2. The summed E-state index contributed by atoms with van der Waals surface area (Å²) in [6.07, 6.45) is 0. The molecule has 0 aromatic heterocycles. The van der Waals surface area contributed by atoms with Crippen LogP contribution >= 0.6 is 0 Å². The number of hydrogen-bond donors (Lipinski definition) is 2. The molecule has 0 unspecified atom stereocenters. The zero-order chi connectivity index (χ0) is 14.5. The molecule has 2 aromatic carbocycles. The van der Waals surface area contributed by atoms with Crippen LogP contribution in [0.3, 0.4) is 0 Å². The van der Waals surface area contributed by atoms with Crippen molar-refractivity contribution in [3.8, 4) is 5.75 Å². The first-order valence-corrected chi connectivity index (χ1v) is 6.24. The van der Waals surface area contributed by atoms with Gasteiger partial charge in [0.15, 0.2) is 5.78 Å². The number of phenolic OH excluding ortho intramolecular Hbond substituents is 1. The van der Waals surface area contributed by atoms with Gasteiger partial charge in [-0.1, -0.05) is 30.3 Å². The van der Waals surface area contributed by atoms with Gasteiger partial charge in [-0.25, -0.2) is 0 Å². The summed E-state index contributed by atoms with van der Waals surface area (Å²) in [6, 6.07) is 13.3. The van der Waals surface area contributed by atoms with Crippen LogP contribution in [0, 0.1) is 6.92 Å². The maximum Gasteiger partial charge on any atom is 0.251 e. The molecule has 0 saturated heterocycles. The summed E-state index contributed by atoms with van der Waals surface area (Å²) in [7, 11) is 0. The number of aromatic hydroxyl groups is 1. The van der Waals surface area contributed by atoms with Crippen LogP contribution in [0.15, 0.2) is 48.5 Å². The minimum absolute atomic E-state index is 0.0524. The van der Waals surface area contributed by atoms with E-state index in [2.05, 4.69) is 5.32 Å². The summed E-state index contributed by atoms with van der Waals surface area (Å²) in [5.41, 5.74) is 1.67. The smallest absolute Gasteiger partial charge is 0.251 e. The van der Waals surface area contributed by atoms with E-state index < -0.39 is 0 Å². The van der Waals surface area contributed by atoms with E-state index in [1.54, 1.807) is 31.2 Å². The number of nitrogens with one attached hydrogen (secondary N) is 1. The van der Waals surface area contributed by atoms with Gasteiger partial charge in [0.1, 0.15) is 5.75 Å². The normalized spacial score (nSPS) is 10.1. The Labute approximate surface area is 117 Å². The number of ketones is 1. The summed E-state index contributed by atoms with van der Waals surface area (Å²) < 4.78 is 0. The van der Waals surface area contributed by atoms with Crippen LogP contribution in [-0.2, 0) is 0 Å².